The third-order valence-electron chi connectivity index (χ3n) is 5.17. The Balaban J connectivity index is 1.70. The molecule has 0 radical (unpaired) electrons. The number of nitrogens with zero attached hydrogens (tertiary/aromatic N) is 2. The molecule has 0 fully saturated rings. The number of nitrogens with one attached hydrogen (secondary N) is 1. The third kappa shape index (κ3) is 4.04. The molecule has 5 rings (SSSR count). The van der Waals surface area contributed by atoms with Crippen LogP contribution in [0.25, 0.3) is 0 Å². The lowest BCUT2D eigenvalue weighted by atomic mass is 9.95. The van der Waals surface area contributed by atoms with Crippen LogP contribution in [0.3, 0.4) is 0 Å². The van der Waals surface area contributed by atoms with Gasteiger partial charge in [0.25, 0.3) is 5.91 Å². The van der Waals surface area contributed by atoms with Gasteiger partial charge in [0, 0.05) is 22.3 Å². The van der Waals surface area contributed by atoms with Crippen LogP contribution in [0.4, 0.5) is 10.8 Å². The van der Waals surface area contributed by atoms with Gasteiger partial charge in [-0.2, -0.15) is 0 Å². The Morgan fingerprint density at radius 3 is 2.42 bits per heavy atom. The van der Waals surface area contributed by atoms with E-state index in [9.17, 15) is 14.7 Å². The fourth-order valence-corrected chi connectivity index (χ4v) is 5.17. The number of anilines is 2. The number of hydrogen-bond acceptors (Lipinski definition) is 7. The molecule has 1 unspecified atom stereocenters. The number of carbonyl (C=O) groups is 2. The van der Waals surface area contributed by atoms with Gasteiger partial charge >= 0.3 is 0 Å². The zero-order chi connectivity index (χ0) is 22.9. The van der Waals surface area contributed by atoms with Crippen molar-refractivity contribution in [2.45, 2.75) is 6.04 Å². The average molecular weight is 494 g/mol. The van der Waals surface area contributed by atoms with Gasteiger partial charge in [-0.25, -0.2) is 4.98 Å². The summed E-state index contributed by atoms with van der Waals surface area (Å²) in [5.74, 6) is -0.498. The van der Waals surface area contributed by atoms with E-state index in [0.29, 0.717) is 26.3 Å². The summed E-state index contributed by atoms with van der Waals surface area (Å²) in [4.78, 5) is 33.9. The van der Waals surface area contributed by atoms with Gasteiger partial charge in [-0.1, -0.05) is 29.8 Å². The number of halogens is 1. The molecule has 1 aliphatic heterocycles. The first-order valence-corrected chi connectivity index (χ1v) is 12.0. The highest BCUT2D eigenvalue weighted by molar-refractivity contribution is 7.14. The quantitative estimate of drug-likeness (QED) is 0.258. The van der Waals surface area contributed by atoms with Crippen LogP contribution in [0.5, 0.6) is 5.75 Å². The molecule has 0 saturated carbocycles. The second-order valence-corrected chi connectivity index (χ2v) is 9.47. The first-order valence-electron chi connectivity index (χ1n) is 9.90. The van der Waals surface area contributed by atoms with Crippen molar-refractivity contribution in [3.05, 3.63) is 104 Å². The van der Waals surface area contributed by atoms with Crippen LogP contribution >= 0.6 is 34.3 Å². The number of phenolic OH excluding ortho intramolecular Hbond substituents is 1. The normalized spacial score (nSPS) is 15.8. The summed E-state index contributed by atoms with van der Waals surface area (Å²) in [6.07, 6.45) is 1.62. The van der Waals surface area contributed by atoms with E-state index in [-0.39, 0.29) is 23.1 Å². The number of thiazole rings is 1. The summed E-state index contributed by atoms with van der Waals surface area (Å²) < 4.78 is 0. The standard InChI is InChI=1S/C24H16ClN3O3S2/c25-15-5-3-14(4-6-15)21-19(22(30)18-2-1-12-32-18)20(27-16-7-9-17(29)10-8-16)23(31)28(21)24-26-11-13-33-24/h1-13,21,27,29H. The molecule has 1 amide bonds. The van der Waals surface area contributed by atoms with Gasteiger partial charge in [0.15, 0.2) is 5.13 Å². The van der Waals surface area contributed by atoms with Gasteiger partial charge in [-0.15, -0.1) is 22.7 Å². The number of hydrogen-bond donors (Lipinski definition) is 2. The number of phenols is 1. The van der Waals surface area contributed by atoms with E-state index < -0.39 is 6.04 Å². The van der Waals surface area contributed by atoms with Crippen molar-refractivity contribution in [2.75, 3.05) is 10.2 Å². The van der Waals surface area contributed by atoms with E-state index >= 15 is 0 Å². The number of carbonyl (C=O) groups excluding carboxylic acids is 2. The lowest BCUT2D eigenvalue weighted by Crippen LogP contribution is -2.31. The maximum Gasteiger partial charge on any atom is 0.277 e. The van der Waals surface area contributed by atoms with Crippen molar-refractivity contribution >= 4 is 56.8 Å². The van der Waals surface area contributed by atoms with Crippen LogP contribution in [0.15, 0.2) is 88.9 Å². The molecule has 3 heterocycles. The van der Waals surface area contributed by atoms with Gasteiger partial charge in [-0.3, -0.25) is 14.5 Å². The number of benzene rings is 2. The number of thiophene rings is 1. The Kier molecular flexibility index (Phi) is 5.72. The van der Waals surface area contributed by atoms with Crippen LogP contribution < -0.4 is 10.2 Å². The van der Waals surface area contributed by atoms with Crippen molar-refractivity contribution in [2.24, 2.45) is 0 Å². The van der Waals surface area contributed by atoms with Gasteiger partial charge in [0.2, 0.25) is 5.78 Å². The lowest BCUT2D eigenvalue weighted by molar-refractivity contribution is -0.114. The summed E-state index contributed by atoms with van der Waals surface area (Å²) >= 11 is 8.75. The van der Waals surface area contributed by atoms with Crippen molar-refractivity contribution in [1.29, 1.82) is 0 Å². The summed E-state index contributed by atoms with van der Waals surface area (Å²) in [5.41, 5.74) is 1.82. The van der Waals surface area contributed by atoms with Crippen molar-refractivity contribution in [3.63, 3.8) is 0 Å². The zero-order valence-electron chi connectivity index (χ0n) is 16.9. The van der Waals surface area contributed by atoms with Crippen LogP contribution in [0.1, 0.15) is 21.3 Å². The second kappa shape index (κ2) is 8.82. The van der Waals surface area contributed by atoms with Gasteiger partial charge < -0.3 is 10.4 Å². The number of aromatic nitrogens is 1. The first kappa shape index (κ1) is 21.4. The number of ketones is 1. The minimum Gasteiger partial charge on any atom is -0.508 e. The molecule has 2 aromatic heterocycles. The first-order chi connectivity index (χ1) is 16.0. The number of Topliss-reactive ketones (excluding diaryl/α,β-unsaturated/α-hetero) is 1. The molecule has 0 spiro atoms. The fraction of sp³-hybridized carbons (Fsp3) is 0.0417. The predicted octanol–water partition coefficient (Wildman–Crippen LogP) is 5.90. The van der Waals surface area contributed by atoms with Crippen molar-refractivity contribution in [3.8, 4) is 5.75 Å². The van der Waals surface area contributed by atoms with E-state index in [0.717, 1.165) is 5.56 Å². The van der Waals surface area contributed by atoms with Gasteiger partial charge in [0.1, 0.15) is 11.4 Å². The highest BCUT2D eigenvalue weighted by Gasteiger charge is 2.45. The molecule has 6 nitrogen and oxygen atoms in total. The van der Waals surface area contributed by atoms with Crippen LogP contribution in [-0.2, 0) is 4.79 Å². The smallest absolute Gasteiger partial charge is 0.277 e. The summed E-state index contributed by atoms with van der Waals surface area (Å²) in [6.45, 7) is 0. The number of rotatable bonds is 6. The fourth-order valence-electron chi connectivity index (χ4n) is 3.70. The van der Waals surface area contributed by atoms with Crippen LogP contribution in [0, 0.1) is 0 Å². The molecule has 0 bridgehead atoms. The molecular formula is C24H16ClN3O3S2. The van der Waals surface area contributed by atoms with E-state index in [4.69, 9.17) is 11.6 Å². The summed E-state index contributed by atoms with van der Waals surface area (Å²) in [5, 5.41) is 17.4. The Hall–Kier alpha value is -3.46. The molecule has 0 aliphatic carbocycles. The topological polar surface area (TPSA) is 82.5 Å². The Morgan fingerprint density at radius 2 is 1.79 bits per heavy atom. The summed E-state index contributed by atoms with van der Waals surface area (Å²) in [6, 6.07) is 16.3. The SMILES string of the molecule is O=C(C1=C(Nc2ccc(O)cc2)C(=O)N(c2nccs2)C1c1ccc(Cl)cc1)c1cccs1. The van der Waals surface area contributed by atoms with E-state index in [1.165, 1.54) is 39.7 Å². The van der Waals surface area contributed by atoms with E-state index in [1.807, 2.05) is 17.5 Å². The van der Waals surface area contributed by atoms with Gasteiger partial charge in [0.05, 0.1) is 16.5 Å². The molecule has 1 aliphatic rings. The molecular weight excluding hydrogens is 478 g/mol. The summed E-state index contributed by atoms with van der Waals surface area (Å²) in [7, 11) is 0. The molecule has 2 aromatic carbocycles. The Morgan fingerprint density at radius 1 is 1.03 bits per heavy atom. The zero-order valence-corrected chi connectivity index (χ0v) is 19.3. The third-order valence-corrected chi connectivity index (χ3v) is 7.06. The Bertz CT molecular complexity index is 1330. The molecule has 9 heteroatoms. The van der Waals surface area contributed by atoms with E-state index in [2.05, 4.69) is 10.3 Å². The maximum absolute atomic E-state index is 13.8. The number of aromatic hydroxyl groups is 1. The average Bonchev–Trinajstić information content (AvgIpc) is 3.57. The molecule has 1 atom stereocenters. The molecule has 2 N–H and O–H groups in total. The molecule has 0 saturated heterocycles. The molecule has 33 heavy (non-hydrogen) atoms. The minimum atomic E-state index is -0.685. The highest BCUT2D eigenvalue weighted by Crippen LogP contribution is 2.44. The van der Waals surface area contributed by atoms with Crippen LogP contribution in [0.2, 0.25) is 5.02 Å². The minimum absolute atomic E-state index is 0.102. The van der Waals surface area contributed by atoms with Gasteiger partial charge in [-0.05, 0) is 53.4 Å². The molecule has 4 aromatic rings. The predicted molar refractivity (Wildman–Crippen MR) is 131 cm³/mol. The van der Waals surface area contributed by atoms with E-state index in [1.54, 1.807) is 48.0 Å². The Labute approximate surface area is 202 Å². The number of amides is 1. The monoisotopic (exact) mass is 493 g/mol. The maximum atomic E-state index is 13.8. The van der Waals surface area contributed by atoms with Crippen molar-refractivity contribution in [1.82, 2.24) is 4.98 Å². The van der Waals surface area contributed by atoms with Crippen molar-refractivity contribution < 1.29 is 14.7 Å². The highest BCUT2D eigenvalue weighted by atomic mass is 35.5. The largest absolute Gasteiger partial charge is 0.508 e. The second-order valence-electron chi connectivity index (χ2n) is 7.21. The van der Waals surface area contributed by atoms with Crippen LogP contribution in [-0.4, -0.2) is 21.8 Å². The molecule has 164 valence electrons. The lowest BCUT2D eigenvalue weighted by Gasteiger charge is -2.24.